The zero-order valence-electron chi connectivity index (χ0n) is 24.4. The monoisotopic (exact) mass is 575 g/mol. The van der Waals surface area contributed by atoms with Crippen LogP contribution in [0.2, 0.25) is 0 Å². The summed E-state index contributed by atoms with van der Waals surface area (Å²) < 4.78 is 11.8. The van der Waals surface area contributed by atoms with Gasteiger partial charge >= 0.3 is 6.09 Å². The van der Waals surface area contributed by atoms with Gasteiger partial charge in [0.15, 0.2) is 0 Å². The summed E-state index contributed by atoms with van der Waals surface area (Å²) in [4.78, 5) is 60.0. The smallest absolute Gasteiger partial charge is 0.410 e. The third kappa shape index (κ3) is 5.76. The Bertz CT molecular complexity index is 1440. The summed E-state index contributed by atoms with van der Waals surface area (Å²) in [5.41, 5.74) is 3.31. The Labute approximate surface area is 245 Å². The van der Waals surface area contributed by atoms with Gasteiger partial charge in [-0.15, -0.1) is 0 Å². The van der Waals surface area contributed by atoms with Crippen LogP contribution in [-0.4, -0.2) is 93.5 Å². The maximum absolute atomic E-state index is 13.1. The van der Waals surface area contributed by atoms with Gasteiger partial charge in [-0.25, -0.2) is 4.79 Å². The van der Waals surface area contributed by atoms with E-state index in [0.717, 1.165) is 48.4 Å². The van der Waals surface area contributed by atoms with Crippen LogP contribution in [0.3, 0.4) is 0 Å². The van der Waals surface area contributed by atoms with Crippen LogP contribution in [0.15, 0.2) is 36.5 Å². The van der Waals surface area contributed by atoms with Gasteiger partial charge in [0, 0.05) is 56.5 Å². The number of amides is 4. The minimum absolute atomic E-state index is 0.189. The predicted octanol–water partition coefficient (Wildman–Crippen LogP) is 2.72. The molecule has 222 valence electrons. The Balaban J connectivity index is 1.11. The van der Waals surface area contributed by atoms with Crippen molar-refractivity contribution in [2.24, 2.45) is 0 Å². The maximum atomic E-state index is 13.1. The van der Waals surface area contributed by atoms with E-state index in [-0.39, 0.29) is 24.3 Å². The molecule has 4 amide bonds. The molecule has 11 heteroatoms. The van der Waals surface area contributed by atoms with Crippen molar-refractivity contribution in [1.29, 1.82) is 0 Å². The van der Waals surface area contributed by atoms with Gasteiger partial charge in [-0.05, 0) is 69.0 Å². The number of morpholine rings is 1. The molecule has 2 atom stereocenters. The van der Waals surface area contributed by atoms with E-state index in [9.17, 15) is 19.2 Å². The van der Waals surface area contributed by atoms with Gasteiger partial charge in [-0.2, -0.15) is 0 Å². The van der Waals surface area contributed by atoms with Crippen LogP contribution in [0.25, 0.3) is 11.3 Å². The quantitative estimate of drug-likeness (QED) is 0.553. The second-order valence-electron chi connectivity index (χ2n) is 12.7. The Morgan fingerprint density at radius 2 is 1.98 bits per heavy atom. The molecule has 0 saturated carbocycles. The molecule has 5 heterocycles. The lowest BCUT2D eigenvalue weighted by molar-refractivity contribution is -0.136. The molecule has 1 aromatic carbocycles. The molecule has 1 aromatic heterocycles. The van der Waals surface area contributed by atoms with Crippen molar-refractivity contribution in [2.75, 3.05) is 32.8 Å². The Hall–Kier alpha value is -3.83. The predicted molar refractivity (Wildman–Crippen MR) is 152 cm³/mol. The van der Waals surface area contributed by atoms with Crippen molar-refractivity contribution >= 4 is 23.8 Å². The van der Waals surface area contributed by atoms with Crippen LogP contribution < -0.4 is 5.32 Å². The van der Waals surface area contributed by atoms with E-state index >= 15 is 0 Å². The number of piperidine rings is 1. The molecular formula is C31H37N5O6. The van der Waals surface area contributed by atoms with E-state index in [4.69, 9.17) is 9.47 Å². The molecule has 1 spiro atoms. The number of nitrogens with zero attached hydrogens (tertiary/aromatic N) is 4. The van der Waals surface area contributed by atoms with Gasteiger partial charge in [0.2, 0.25) is 11.8 Å². The lowest BCUT2D eigenvalue weighted by Crippen LogP contribution is -2.55. The van der Waals surface area contributed by atoms with Crippen LogP contribution in [0.4, 0.5) is 4.79 Å². The van der Waals surface area contributed by atoms with Crippen molar-refractivity contribution in [3.05, 3.63) is 53.2 Å². The summed E-state index contributed by atoms with van der Waals surface area (Å²) in [6.45, 7) is 9.79. The average Bonchev–Trinajstić information content (AvgIpc) is 3.47. The van der Waals surface area contributed by atoms with E-state index in [0.29, 0.717) is 38.2 Å². The average molecular weight is 576 g/mol. The molecule has 3 saturated heterocycles. The molecule has 2 aromatic rings. The van der Waals surface area contributed by atoms with E-state index < -0.39 is 23.2 Å². The van der Waals surface area contributed by atoms with Gasteiger partial charge in [-0.3, -0.25) is 29.6 Å². The number of pyridine rings is 1. The van der Waals surface area contributed by atoms with E-state index in [2.05, 4.69) is 21.3 Å². The normalized spacial score (nSPS) is 24.7. The molecular weight excluding hydrogens is 538 g/mol. The zero-order chi connectivity index (χ0) is 29.6. The third-order valence-corrected chi connectivity index (χ3v) is 8.35. The molecule has 11 nitrogen and oxygen atoms in total. The zero-order valence-corrected chi connectivity index (χ0v) is 24.4. The number of carbonyl (C=O) groups is 4. The summed E-state index contributed by atoms with van der Waals surface area (Å²) in [5, 5.41) is 2.34. The van der Waals surface area contributed by atoms with E-state index in [1.54, 1.807) is 22.1 Å². The van der Waals surface area contributed by atoms with Crippen LogP contribution in [0.1, 0.15) is 61.5 Å². The molecule has 4 aliphatic heterocycles. The Morgan fingerprint density at radius 3 is 2.76 bits per heavy atom. The number of hydrogen-bond donors (Lipinski definition) is 1. The number of rotatable bonds is 4. The highest BCUT2D eigenvalue weighted by Crippen LogP contribution is 2.33. The summed E-state index contributed by atoms with van der Waals surface area (Å²) >= 11 is 0. The summed E-state index contributed by atoms with van der Waals surface area (Å²) in [6, 6.07) is 9.09. The van der Waals surface area contributed by atoms with Crippen LogP contribution in [-0.2, 0) is 32.2 Å². The third-order valence-electron chi connectivity index (χ3n) is 8.35. The molecule has 3 fully saturated rings. The lowest BCUT2D eigenvalue weighted by atomic mass is 10.0. The summed E-state index contributed by atoms with van der Waals surface area (Å²) in [6.07, 6.45) is 2.91. The lowest BCUT2D eigenvalue weighted by Gasteiger charge is -2.40. The fourth-order valence-corrected chi connectivity index (χ4v) is 6.36. The molecule has 0 aliphatic carbocycles. The first-order valence-corrected chi connectivity index (χ1v) is 14.6. The first kappa shape index (κ1) is 28.3. The van der Waals surface area contributed by atoms with Crippen LogP contribution in [0.5, 0.6) is 0 Å². The number of ether oxygens (including phenoxy) is 2. The minimum Gasteiger partial charge on any atom is -0.444 e. The summed E-state index contributed by atoms with van der Waals surface area (Å²) in [5.74, 6) is -0.903. The molecule has 42 heavy (non-hydrogen) atoms. The van der Waals surface area contributed by atoms with E-state index in [1.807, 2.05) is 39.0 Å². The van der Waals surface area contributed by atoms with Gasteiger partial charge in [-0.1, -0.05) is 6.07 Å². The van der Waals surface area contributed by atoms with Crippen molar-refractivity contribution < 1.29 is 28.7 Å². The second kappa shape index (κ2) is 10.8. The van der Waals surface area contributed by atoms with Gasteiger partial charge in [0.1, 0.15) is 11.6 Å². The van der Waals surface area contributed by atoms with Gasteiger partial charge in [0.25, 0.3) is 5.91 Å². The second-order valence-corrected chi connectivity index (χ2v) is 12.7. The fraction of sp³-hybridized carbons (Fsp3) is 0.516. The number of fused-ring (bicyclic) bond motifs is 1. The Kier molecular flexibility index (Phi) is 7.26. The van der Waals surface area contributed by atoms with Crippen LogP contribution in [0, 0.1) is 0 Å². The number of benzene rings is 1. The molecule has 0 radical (unpaired) electrons. The number of aromatic nitrogens is 1. The number of carbonyl (C=O) groups excluding carboxylic acids is 4. The standard InChI is InChI=1S/C31H37N5O6/c1-30(2,3)42-29(40)35-12-13-41-31(19-35)9-11-34(18-31)16-20-8-10-32-24(14-20)21-4-5-23-22(15-21)17-36(28(23)39)25-6-7-26(37)33-27(25)38/h4-5,8,10,14-15,25H,6-7,9,11-13,16-19H2,1-3H3,(H,33,37,38). The number of imide groups is 1. The highest BCUT2D eigenvalue weighted by atomic mass is 16.6. The Morgan fingerprint density at radius 1 is 1.14 bits per heavy atom. The number of nitrogens with one attached hydrogen (secondary N) is 1. The van der Waals surface area contributed by atoms with Crippen molar-refractivity contribution in [2.45, 2.75) is 70.4 Å². The molecule has 6 rings (SSSR count). The topological polar surface area (TPSA) is 121 Å². The highest BCUT2D eigenvalue weighted by molar-refractivity contribution is 6.05. The first-order valence-electron chi connectivity index (χ1n) is 14.6. The number of hydrogen-bond acceptors (Lipinski definition) is 8. The molecule has 4 aliphatic rings. The fourth-order valence-electron chi connectivity index (χ4n) is 6.36. The van der Waals surface area contributed by atoms with Crippen molar-refractivity contribution in [3.63, 3.8) is 0 Å². The van der Waals surface area contributed by atoms with Gasteiger partial charge < -0.3 is 19.3 Å². The molecule has 1 N–H and O–H groups in total. The van der Waals surface area contributed by atoms with Crippen molar-refractivity contribution in [3.8, 4) is 11.3 Å². The molecule has 0 bridgehead atoms. The SMILES string of the molecule is CC(C)(C)OC(=O)N1CCOC2(CCN(Cc3ccnc(-c4ccc5c(c4)CN(C4CCC(=O)NC4=O)C5=O)c3)C2)C1. The van der Waals surface area contributed by atoms with Crippen LogP contribution >= 0.6 is 0 Å². The number of likely N-dealkylation sites (tertiary alicyclic amines) is 1. The van der Waals surface area contributed by atoms with Gasteiger partial charge in [0.05, 0.1) is 24.4 Å². The maximum Gasteiger partial charge on any atom is 0.410 e. The summed E-state index contributed by atoms with van der Waals surface area (Å²) in [7, 11) is 0. The largest absolute Gasteiger partial charge is 0.444 e. The van der Waals surface area contributed by atoms with Crippen molar-refractivity contribution in [1.82, 2.24) is 25.0 Å². The van der Waals surface area contributed by atoms with E-state index in [1.165, 1.54) is 0 Å². The highest BCUT2D eigenvalue weighted by Gasteiger charge is 2.44. The molecule has 2 unspecified atom stereocenters. The first-order chi connectivity index (χ1) is 20.0. The minimum atomic E-state index is -0.638.